The molecule has 0 radical (unpaired) electrons. The molecule has 0 fully saturated rings. The molecule has 1 unspecified atom stereocenters. The molecule has 1 atom stereocenters. The number of fused-ring (bicyclic) bond motifs is 2. The van der Waals surface area contributed by atoms with Crippen LogP contribution in [-0.4, -0.2) is 23.9 Å². The number of carbonyl (C=O) groups excluding carboxylic acids is 1. The molecule has 8 nitrogen and oxygen atoms in total. The Balaban J connectivity index is 1.51. The second-order valence-corrected chi connectivity index (χ2v) is 11.2. The summed E-state index contributed by atoms with van der Waals surface area (Å²) in [5.74, 6) is 1.92. The monoisotopic (exact) mass is 620 g/mol. The number of hydrogen-bond donors (Lipinski definition) is 0. The van der Waals surface area contributed by atoms with Crippen LogP contribution in [0.1, 0.15) is 44.1 Å². The van der Waals surface area contributed by atoms with Gasteiger partial charge in [-0.05, 0) is 55.3 Å². The molecule has 4 heterocycles. The third-order valence-corrected chi connectivity index (χ3v) is 8.09. The normalized spacial score (nSPS) is 16.2. The van der Waals surface area contributed by atoms with Gasteiger partial charge in [-0.1, -0.05) is 58.8 Å². The van der Waals surface area contributed by atoms with Gasteiger partial charge in [-0.25, -0.2) is 9.79 Å². The average molecular weight is 622 g/mol. The summed E-state index contributed by atoms with van der Waals surface area (Å²) in [5, 5.41) is 0. The van der Waals surface area contributed by atoms with Gasteiger partial charge in [0.1, 0.15) is 11.5 Å². The zero-order chi connectivity index (χ0) is 27.8. The number of ether oxygens (including phenoxy) is 3. The van der Waals surface area contributed by atoms with Crippen molar-refractivity contribution in [2.75, 3.05) is 13.4 Å². The number of thiazole rings is 1. The molecule has 2 aromatic carbocycles. The first-order chi connectivity index (χ1) is 19.5. The zero-order valence-electron chi connectivity index (χ0n) is 21.8. The first-order valence-corrected chi connectivity index (χ1v) is 14.5. The summed E-state index contributed by atoms with van der Waals surface area (Å²) in [6, 6.07) is 16.2. The van der Waals surface area contributed by atoms with Gasteiger partial charge in [0.2, 0.25) is 6.79 Å². The average Bonchev–Trinajstić information content (AvgIpc) is 3.68. The van der Waals surface area contributed by atoms with Crippen molar-refractivity contribution in [1.82, 2.24) is 4.57 Å². The molecule has 2 aliphatic heterocycles. The molecule has 0 amide bonds. The van der Waals surface area contributed by atoms with Crippen LogP contribution in [-0.2, 0) is 9.53 Å². The second-order valence-electron chi connectivity index (χ2n) is 9.24. The number of aromatic nitrogens is 1. The number of rotatable bonds is 7. The van der Waals surface area contributed by atoms with Crippen molar-refractivity contribution in [1.29, 1.82) is 0 Å². The van der Waals surface area contributed by atoms with Crippen LogP contribution < -0.4 is 24.4 Å². The summed E-state index contributed by atoms with van der Waals surface area (Å²) in [4.78, 5) is 32.6. The zero-order valence-corrected chi connectivity index (χ0v) is 24.2. The van der Waals surface area contributed by atoms with Crippen molar-refractivity contribution in [2.45, 2.75) is 32.7 Å². The van der Waals surface area contributed by atoms with Crippen molar-refractivity contribution in [3.63, 3.8) is 0 Å². The first-order valence-electron chi connectivity index (χ1n) is 12.9. The number of esters is 1. The van der Waals surface area contributed by atoms with Crippen molar-refractivity contribution < 1.29 is 23.4 Å². The minimum absolute atomic E-state index is 0.119. The predicted molar refractivity (Wildman–Crippen MR) is 154 cm³/mol. The Hall–Kier alpha value is -3.89. The molecule has 204 valence electrons. The lowest BCUT2D eigenvalue weighted by Gasteiger charge is -2.25. The van der Waals surface area contributed by atoms with Crippen molar-refractivity contribution in [2.24, 2.45) is 4.99 Å². The van der Waals surface area contributed by atoms with Gasteiger partial charge in [0, 0.05) is 16.1 Å². The van der Waals surface area contributed by atoms with Gasteiger partial charge in [-0.15, -0.1) is 0 Å². The number of allylic oxidation sites excluding steroid dienone is 1. The molecule has 0 spiro atoms. The summed E-state index contributed by atoms with van der Waals surface area (Å²) >= 11 is 4.75. The molecule has 0 aliphatic carbocycles. The fourth-order valence-electron chi connectivity index (χ4n) is 4.88. The highest BCUT2D eigenvalue weighted by Crippen LogP contribution is 2.39. The summed E-state index contributed by atoms with van der Waals surface area (Å²) in [6.07, 6.45) is 3.05. The molecule has 0 saturated heterocycles. The molecule has 40 heavy (non-hydrogen) atoms. The van der Waals surface area contributed by atoms with E-state index in [4.69, 9.17) is 23.6 Å². The van der Waals surface area contributed by atoms with E-state index in [0.717, 1.165) is 16.5 Å². The summed E-state index contributed by atoms with van der Waals surface area (Å²) in [5.41, 5.74) is 2.33. The lowest BCUT2D eigenvalue weighted by molar-refractivity contribution is -0.139. The van der Waals surface area contributed by atoms with E-state index in [2.05, 4.69) is 15.9 Å². The molecular weight excluding hydrogens is 596 g/mol. The molecule has 2 aromatic heterocycles. The largest absolute Gasteiger partial charge is 0.463 e. The Morgan fingerprint density at radius 2 is 2.00 bits per heavy atom. The molecule has 0 bridgehead atoms. The van der Waals surface area contributed by atoms with Gasteiger partial charge in [0.25, 0.3) is 5.56 Å². The Bertz CT molecular complexity index is 1830. The Kier molecular flexibility index (Phi) is 7.20. The molecule has 10 heteroatoms. The SMILES string of the molecule is CCCC1=C(C(=O)OCC)C(c2ccc3c(c2)OCO3)n2c(s/c(=C\c3ccc(-c4cccc(Br)c4)o3)c2=O)=N1. The minimum atomic E-state index is -0.734. The number of halogens is 1. The standard InChI is InChI=1S/C30H25BrN2O6S/c1-3-6-21-26(29(35)36-4-2)27(18-9-11-23-24(14-18)38-16-37-23)33-28(34)25(40-30(33)32-21)15-20-10-12-22(39-20)17-7-5-8-19(31)13-17/h5,7-15,27H,3-4,6,16H2,1-2H3/b25-15-. The van der Waals surface area contributed by atoms with Crippen LogP contribution in [0.5, 0.6) is 11.5 Å². The lowest BCUT2D eigenvalue weighted by Crippen LogP contribution is -2.40. The van der Waals surface area contributed by atoms with Crippen LogP contribution in [0.15, 0.2) is 84.5 Å². The molecule has 4 aromatic rings. The second kappa shape index (κ2) is 10.9. The maximum absolute atomic E-state index is 14.0. The number of carbonyl (C=O) groups is 1. The van der Waals surface area contributed by atoms with E-state index < -0.39 is 12.0 Å². The maximum Gasteiger partial charge on any atom is 0.338 e. The van der Waals surface area contributed by atoms with Crippen LogP contribution in [0.2, 0.25) is 0 Å². The van der Waals surface area contributed by atoms with Crippen LogP contribution in [0, 0.1) is 0 Å². The molecular formula is C30H25BrN2O6S. The molecule has 0 N–H and O–H groups in total. The van der Waals surface area contributed by atoms with E-state index in [9.17, 15) is 9.59 Å². The van der Waals surface area contributed by atoms with E-state index >= 15 is 0 Å². The smallest absolute Gasteiger partial charge is 0.338 e. The van der Waals surface area contributed by atoms with E-state index in [-0.39, 0.29) is 19.0 Å². The van der Waals surface area contributed by atoms with Gasteiger partial charge >= 0.3 is 5.97 Å². The number of hydrogen-bond acceptors (Lipinski definition) is 8. The fourth-order valence-corrected chi connectivity index (χ4v) is 6.28. The van der Waals surface area contributed by atoms with Crippen LogP contribution in [0.25, 0.3) is 17.4 Å². The van der Waals surface area contributed by atoms with Crippen LogP contribution in [0.3, 0.4) is 0 Å². The minimum Gasteiger partial charge on any atom is -0.463 e. The summed E-state index contributed by atoms with van der Waals surface area (Å²) in [6.45, 7) is 4.11. The molecule has 6 rings (SSSR count). The number of benzene rings is 2. The quantitative estimate of drug-likeness (QED) is 0.259. The Morgan fingerprint density at radius 1 is 1.15 bits per heavy atom. The number of furan rings is 1. The first kappa shape index (κ1) is 26.3. The van der Waals surface area contributed by atoms with E-state index in [1.54, 1.807) is 23.6 Å². The Morgan fingerprint density at radius 3 is 2.80 bits per heavy atom. The lowest BCUT2D eigenvalue weighted by atomic mass is 9.94. The van der Waals surface area contributed by atoms with Crippen molar-refractivity contribution in [3.8, 4) is 22.8 Å². The van der Waals surface area contributed by atoms with Crippen LogP contribution in [0.4, 0.5) is 0 Å². The summed E-state index contributed by atoms with van der Waals surface area (Å²) in [7, 11) is 0. The van der Waals surface area contributed by atoms with Crippen LogP contribution >= 0.6 is 27.3 Å². The highest BCUT2D eigenvalue weighted by atomic mass is 79.9. The highest BCUT2D eigenvalue weighted by Gasteiger charge is 2.35. The molecule has 0 saturated carbocycles. The van der Waals surface area contributed by atoms with Gasteiger partial charge < -0.3 is 18.6 Å². The van der Waals surface area contributed by atoms with Gasteiger partial charge in [0.15, 0.2) is 16.3 Å². The highest BCUT2D eigenvalue weighted by molar-refractivity contribution is 9.10. The van der Waals surface area contributed by atoms with E-state index in [1.807, 2.05) is 55.5 Å². The predicted octanol–water partition coefficient (Wildman–Crippen LogP) is 5.33. The third kappa shape index (κ3) is 4.82. The van der Waals surface area contributed by atoms with E-state index in [1.165, 1.54) is 11.3 Å². The van der Waals surface area contributed by atoms with Gasteiger partial charge in [0.05, 0.1) is 28.5 Å². The fraction of sp³-hybridized carbons (Fsp3) is 0.233. The summed E-state index contributed by atoms with van der Waals surface area (Å²) < 4.78 is 25.6. The third-order valence-electron chi connectivity index (χ3n) is 6.61. The molecule has 2 aliphatic rings. The van der Waals surface area contributed by atoms with Crippen molar-refractivity contribution >= 4 is 39.3 Å². The topological polar surface area (TPSA) is 92.3 Å². The Labute approximate surface area is 242 Å². The van der Waals surface area contributed by atoms with Gasteiger partial charge in [-0.3, -0.25) is 9.36 Å². The number of nitrogens with zero attached hydrogens (tertiary/aromatic N) is 2. The maximum atomic E-state index is 14.0. The van der Waals surface area contributed by atoms with Gasteiger partial charge in [-0.2, -0.15) is 0 Å². The van der Waals surface area contributed by atoms with E-state index in [0.29, 0.717) is 55.6 Å². The van der Waals surface area contributed by atoms with Crippen molar-refractivity contribution in [3.05, 3.63) is 101 Å².